The second kappa shape index (κ2) is 15.0. The molecule has 0 saturated heterocycles. The molecule has 3 aromatic carbocycles. The number of nitrogens with one attached hydrogen (secondary N) is 1. The maximum Gasteiger partial charge on any atom is 0.243 e. The summed E-state index contributed by atoms with van der Waals surface area (Å²) < 4.78 is 39.6. The highest BCUT2D eigenvalue weighted by Gasteiger charge is 2.31. The fourth-order valence-electron chi connectivity index (χ4n) is 4.44. The highest BCUT2D eigenvalue weighted by molar-refractivity contribution is 7.92. The molecule has 0 bridgehead atoms. The summed E-state index contributed by atoms with van der Waals surface area (Å²) in [5.41, 5.74) is 1.98. The number of hydrogen-bond donors (Lipinski definition) is 1. The molecule has 2 atom stereocenters. The number of carbonyl (C=O) groups is 2. The first-order valence-corrected chi connectivity index (χ1v) is 15.8. The first-order valence-electron chi connectivity index (χ1n) is 13.6. The SMILES string of the molecule is CC[C@@H](C)NC(=O)[C@H](Cc1ccccc1)N(Cc1cccc(Cl)c1)C(=O)CCCN(c1ccc(F)cc1)S(C)(=O)=O. The van der Waals surface area contributed by atoms with Gasteiger partial charge in [0.05, 0.1) is 11.9 Å². The van der Waals surface area contributed by atoms with Crippen LogP contribution in [0.15, 0.2) is 78.9 Å². The molecule has 220 valence electrons. The van der Waals surface area contributed by atoms with Gasteiger partial charge in [-0.15, -0.1) is 0 Å². The van der Waals surface area contributed by atoms with Crippen LogP contribution in [0.2, 0.25) is 5.02 Å². The quantitative estimate of drug-likeness (QED) is 0.261. The summed E-state index contributed by atoms with van der Waals surface area (Å²) in [6.45, 7) is 4.05. The van der Waals surface area contributed by atoms with Crippen molar-refractivity contribution in [2.45, 2.75) is 58.2 Å². The normalized spacial score (nSPS) is 12.8. The monoisotopic (exact) mass is 601 g/mol. The smallest absolute Gasteiger partial charge is 0.243 e. The topological polar surface area (TPSA) is 86.8 Å². The zero-order valence-corrected chi connectivity index (χ0v) is 25.2. The fourth-order valence-corrected chi connectivity index (χ4v) is 5.62. The number of carbonyl (C=O) groups excluding carboxylic acids is 2. The second-order valence-electron chi connectivity index (χ2n) is 10.1. The average molecular weight is 602 g/mol. The molecule has 0 aliphatic rings. The third-order valence-corrected chi connectivity index (χ3v) is 8.21. The number of hydrogen-bond acceptors (Lipinski definition) is 4. The van der Waals surface area contributed by atoms with Crippen LogP contribution in [-0.4, -0.2) is 50.0 Å². The molecule has 0 radical (unpaired) electrons. The van der Waals surface area contributed by atoms with E-state index in [1.54, 1.807) is 23.1 Å². The third-order valence-electron chi connectivity index (χ3n) is 6.78. The number of amides is 2. The number of rotatable bonds is 14. The summed E-state index contributed by atoms with van der Waals surface area (Å²) in [6, 6.07) is 20.9. The molecule has 0 saturated carbocycles. The summed E-state index contributed by atoms with van der Waals surface area (Å²) in [6.07, 6.45) is 2.30. The van der Waals surface area contributed by atoms with Gasteiger partial charge in [0, 0.05) is 37.0 Å². The van der Waals surface area contributed by atoms with Gasteiger partial charge in [-0.2, -0.15) is 0 Å². The van der Waals surface area contributed by atoms with Crippen molar-refractivity contribution in [3.63, 3.8) is 0 Å². The lowest BCUT2D eigenvalue weighted by Gasteiger charge is -2.32. The zero-order chi connectivity index (χ0) is 30.0. The number of anilines is 1. The largest absolute Gasteiger partial charge is 0.352 e. The Kier molecular flexibility index (Phi) is 11.7. The maximum atomic E-state index is 13.8. The van der Waals surface area contributed by atoms with E-state index in [2.05, 4.69) is 5.32 Å². The maximum absolute atomic E-state index is 13.8. The van der Waals surface area contributed by atoms with Gasteiger partial charge in [-0.25, -0.2) is 12.8 Å². The van der Waals surface area contributed by atoms with E-state index in [0.29, 0.717) is 17.1 Å². The Morgan fingerprint density at radius 1 is 0.976 bits per heavy atom. The van der Waals surface area contributed by atoms with Gasteiger partial charge in [-0.1, -0.05) is 61.0 Å². The molecule has 2 amide bonds. The summed E-state index contributed by atoms with van der Waals surface area (Å²) in [4.78, 5) is 29.0. The lowest BCUT2D eigenvalue weighted by atomic mass is 10.0. The van der Waals surface area contributed by atoms with E-state index in [1.165, 1.54) is 24.3 Å². The van der Waals surface area contributed by atoms with E-state index in [-0.39, 0.29) is 43.8 Å². The predicted octanol–water partition coefficient (Wildman–Crippen LogP) is 5.58. The van der Waals surface area contributed by atoms with Crippen LogP contribution in [0.3, 0.4) is 0 Å². The number of halogens is 2. The molecule has 0 fully saturated rings. The molecule has 7 nitrogen and oxygen atoms in total. The van der Waals surface area contributed by atoms with Crippen LogP contribution in [0, 0.1) is 5.82 Å². The molecule has 0 spiro atoms. The van der Waals surface area contributed by atoms with Gasteiger partial charge in [0.25, 0.3) is 0 Å². The van der Waals surface area contributed by atoms with Crippen LogP contribution in [-0.2, 0) is 32.6 Å². The van der Waals surface area contributed by atoms with Crippen molar-refractivity contribution in [2.24, 2.45) is 0 Å². The molecule has 0 aromatic heterocycles. The van der Waals surface area contributed by atoms with Crippen molar-refractivity contribution >= 4 is 39.1 Å². The fraction of sp³-hybridized carbons (Fsp3) is 0.355. The van der Waals surface area contributed by atoms with Crippen LogP contribution >= 0.6 is 11.6 Å². The standard InChI is InChI=1S/C31H37ClFN3O4S/c1-4-23(2)34-31(38)29(21-24-10-6-5-7-11-24)35(22-25-12-8-13-26(32)20-25)30(37)14-9-19-36(41(3,39)40)28-17-15-27(33)16-18-28/h5-8,10-13,15-18,20,23,29H,4,9,14,19,21-22H2,1-3H3,(H,34,38)/t23-,29+/m1/s1. The van der Waals surface area contributed by atoms with Crippen LogP contribution in [0.4, 0.5) is 10.1 Å². The Hall–Kier alpha value is -3.43. The summed E-state index contributed by atoms with van der Waals surface area (Å²) in [7, 11) is -3.68. The average Bonchev–Trinajstić information content (AvgIpc) is 2.93. The van der Waals surface area contributed by atoms with Gasteiger partial charge in [-0.05, 0) is 67.3 Å². The van der Waals surface area contributed by atoms with E-state index >= 15 is 0 Å². The minimum Gasteiger partial charge on any atom is -0.352 e. The van der Waals surface area contributed by atoms with Crippen LogP contribution in [0.5, 0.6) is 0 Å². The first kappa shape index (κ1) is 32.1. The van der Waals surface area contributed by atoms with Crippen molar-refractivity contribution in [1.29, 1.82) is 0 Å². The minimum absolute atomic E-state index is 0.00428. The van der Waals surface area contributed by atoms with Crippen molar-refractivity contribution < 1.29 is 22.4 Å². The molecule has 3 aromatic rings. The Bertz CT molecular complexity index is 1400. The number of nitrogens with zero attached hydrogens (tertiary/aromatic N) is 2. The number of sulfonamides is 1. The van der Waals surface area contributed by atoms with Crippen LogP contribution < -0.4 is 9.62 Å². The van der Waals surface area contributed by atoms with Crippen molar-refractivity contribution in [2.75, 3.05) is 17.1 Å². The minimum atomic E-state index is -3.68. The van der Waals surface area contributed by atoms with Gasteiger partial charge < -0.3 is 10.2 Å². The summed E-state index contributed by atoms with van der Waals surface area (Å²) >= 11 is 6.23. The lowest BCUT2D eigenvalue weighted by molar-refractivity contribution is -0.141. The first-order chi connectivity index (χ1) is 19.5. The van der Waals surface area contributed by atoms with E-state index < -0.39 is 21.9 Å². The van der Waals surface area contributed by atoms with Crippen molar-refractivity contribution in [3.05, 3.63) is 101 Å². The summed E-state index contributed by atoms with van der Waals surface area (Å²) in [5, 5.41) is 3.54. The molecular formula is C31H37ClFN3O4S. The molecule has 0 unspecified atom stereocenters. The molecule has 41 heavy (non-hydrogen) atoms. The molecule has 0 heterocycles. The Morgan fingerprint density at radius 2 is 1.63 bits per heavy atom. The Morgan fingerprint density at radius 3 is 2.24 bits per heavy atom. The van der Waals surface area contributed by atoms with E-state index in [9.17, 15) is 22.4 Å². The number of benzene rings is 3. The summed E-state index contributed by atoms with van der Waals surface area (Å²) in [5.74, 6) is -1.03. The van der Waals surface area contributed by atoms with Gasteiger partial charge >= 0.3 is 0 Å². The molecule has 1 N–H and O–H groups in total. The van der Waals surface area contributed by atoms with Gasteiger partial charge in [-0.3, -0.25) is 13.9 Å². The van der Waals surface area contributed by atoms with Crippen LogP contribution in [0.25, 0.3) is 0 Å². The molecule has 3 rings (SSSR count). The van der Waals surface area contributed by atoms with Crippen molar-refractivity contribution in [1.82, 2.24) is 10.2 Å². The van der Waals surface area contributed by atoms with E-state index in [4.69, 9.17) is 11.6 Å². The van der Waals surface area contributed by atoms with E-state index in [0.717, 1.165) is 28.1 Å². The molecular weight excluding hydrogens is 565 g/mol. The highest BCUT2D eigenvalue weighted by atomic mass is 35.5. The predicted molar refractivity (Wildman–Crippen MR) is 162 cm³/mol. The van der Waals surface area contributed by atoms with E-state index in [1.807, 2.05) is 50.2 Å². The Labute approximate surface area is 247 Å². The van der Waals surface area contributed by atoms with Gasteiger partial charge in [0.1, 0.15) is 11.9 Å². The lowest BCUT2D eigenvalue weighted by Crippen LogP contribution is -2.52. The van der Waals surface area contributed by atoms with Gasteiger partial charge in [0.2, 0.25) is 21.8 Å². The highest BCUT2D eigenvalue weighted by Crippen LogP contribution is 2.21. The molecule has 10 heteroatoms. The zero-order valence-electron chi connectivity index (χ0n) is 23.6. The van der Waals surface area contributed by atoms with Crippen LogP contribution in [0.1, 0.15) is 44.2 Å². The Balaban J connectivity index is 1.89. The van der Waals surface area contributed by atoms with Crippen molar-refractivity contribution in [3.8, 4) is 0 Å². The molecule has 0 aliphatic heterocycles. The second-order valence-corrected chi connectivity index (χ2v) is 12.4. The van der Waals surface area contributed by atoms with Gasteiger partial charge in [0.15, 0.2) is 0 Å². The molecule has 0 aliphatic carbocycles. The third kappa shape index (κ3) is 9.86.